The first-order valence-corrected chi connectivity index (χ1v) is 10.5. The summed E-state index contributed by atoms with van der Waals surface area (Å²) in [5, 5.41) is 3.60. The van der Waals surface area contributed by atoms with Crippen LogP contribution in [0.2, 0.25) is 0 Å². The summed E-state index contributed by atoms with van der Waals surface area (Å²) in [7, 11) is 1.92. The summed E-state index contributed by atoms with van der Waals surface area (Å²) in [5.41, 5.74) is 0.591. The van der Waals surface area contributed by atoms with Gasteiger partial charge in [0.2, 0.25) is 5.95 Å². The quantitative estimate of drug-likeness (QED) is 0.638. The third kappa shape index (κ3) is 4.34. The Morgan fingerprint density at radius 2 is 1.81 bits per heavy atom. The van der Waals surface area contributed by atoms with Crippen LogP contribution >= 0.6 is 0 Å². The van der Waals surface area contributed by atoms with Gasteiger partial charge >= 0.3 is 0 Å². The van der Waals surface area contributed by atoms with Gasteiger partial charge < -0.3 is 15.1 Å². The second-order valence-electron chi connectivity index (χ2n) is 8.23. The van der Waals surface area contributed by atoms with Crippen LogP contribution in [0.3, 0.4) is 0 Å². The lowest BCUT2D eigenvalue weighted by Crippen LogP contribution is -2.50. The molecule has 27 heavy (non-hydrogen) atoms. The van der Waals surface area contributed by atoms with Gasteiger partial charge in [-0.25, -0.2) is 9.97 Å². The van der Waals surface area contributed by atoms with E-state index in [0.717, 1.165) is 57.7 Å². The van der Waals surface area contributed by atoms with E-state index >= 15 is 0 Å². The van der Waals surface area contributed by atoms with Crippen molar-refractivity contribution in [3.8, 4) is 0 Å². The van der Waals surface area contributed by atoms with Gasteiger partial charge in [0.1, 0.15) is 0 Å². The number of hydrogen-bond acceptors (Lipinski definition) is 5. The largest absolute Gasteiger partial charge is 0.355 e. The van der Waals surface area contributed by atoms with Gasteiger partial charge in [-0.2, -0.15) is 0 Å². The number of nitrogens with zero attached hydrogens (tertiary/aromatic N) is 6. The van der Waals surface area contributed by atoms with E-state index in [-0.39, 0.29) is 0 Å². The highest BCUT2D eigenvalue weighted by molar-refractivity contribution is 5.80. The summed E-state index contributed by atoms with van der Waals surface area (Å²) in [6, 6.07) is 1.87. The Bertz CT molecular complexity index is 618. The zero-order valence-corrected chi connectivity index (χ0v) is 16.6. The zero-order valence-electron chi connectivity index (χ0n) is 16.6. The Morgan fingerprint density at radius 1 is 1.07 bits per heavy atom. The summed E-state index contributed by atoms with van der Waals surface area (Å²) >= 11 is 0. The standard InChI is InChI=1S/C20H33N7/c1-21-18(27-11-7-20(17-27)5-2-3-6-20)24-10-12-25-13-15-26(16-14-25)19-22-8-4-9-23-19/h4,8-9H,2-3,5-7,10-17H2,1H3,(H,21,24). The third-order valence-corrected chi connectivity index (χ3v) is 6.53. The van der Waals surface area contributed by atoms with Crippen LogP contribution in [0.4, 0.5) is 5.95 Å². The third-order valence-electron chi connectivity index (χ3n) is 6.53. The first-order valence-electron chi connectivity index (χ1n) is 10.5. The number of nitrogens with one attached hydrogen (secondary N) is 1. The summed E-state index contributed by atoms with van der Waals surface area (Å²) < 4.78 is 0. The minimum Gasteiger partial charge on any atom is -0.355 e. The summed E-state index contributed by atoms with van der Waals surface area (Å²) in [4.78, 5) is 20.5. The number of piperazine rings is 1. The average molecular weight is 372 g/mol. The van der Waals surface area contributed by atoms with E-state index in [2.05, 4.69) is 35.0 Å². The topological polar surface area (TPSA) is 59.9 Å². The Kier molecular flexibility index (Phi) is 5.76. The molecule has 1 aliphatic carbocycles. The minimum absolute atomic E-state index is 0.591. The molecule has 1 saturated carbocycles. The molecule has 0 bridgehead atoms. The van der Waals surface area contributed by atoms with Crippen LogP contribution in [0.15, 0.2) is 23.5 Å². The number of rotatable bonds is 4. The van der Waals surface area contributed by atoms with E-state index in [9.17, 15) is 0 Å². The second kappa shape index (κ2) is 8.42. The first kappa shape index (κ1) is 18.5. The van der Waals surface area contributed by atoms with Crippen molar-refractivity contribution in [2.75, 3.05) is 64.3 Å². The van der Waals surface area contributed by atoms with Crippen molar-refractivity contribution in [3.63, 3.8) is 0 Å². The molecule has 1 N–H and O–H groups in total. The molecule has 0 unspecified atom stereocenters. The molecule has 1 spiro atoms. The number of hydrogen-bond donors (Lipinski definition) is 1. The molecule has 4 rings (SSSR count). The van der Waals surface area contributed by atoms with Crippen LogP contribution < -0.4 is 10.2 Å². The molecule has 0 atom stereocenters. The van der Waals surface area contributed by atoms with Crippen molar-refractivity contribution in [2.24, 2.45) is 10.4 Å². The maximum absolute atomic E-state index is 4.55. The van der Waals surface area contributed by atoms with Crippen LogP contribution in [0.5, 0.6) is 0 Å². The molecule has 0 radical (unpaired) electrons. The fourth-order valence-corrected chi connectivity index (χ4v) is 4.93. The monoisotopic (exact) mass is 371 g/mol. The SMILES string of the molecule is CN=C(NCCN1CCN(c2ncccn2)CC1)N1CCC2(CCCC2)C1. The van der Waals surface area contributed by atoms with Crippen LogP contribution in [0.25, 0.3) is 0 Å². The van der Waals surface area contributed by atoms with Gasteiger partial charge in [0, 0.05) is 71.8 Å². The molecule has 3 fully saturated rings. The summed E-state index contributed by atoms with van der Waals surface area (Å²) in [6.07, 6.45) is 10.6. The van der Waals surface area contributed by atoms with Crippen LogP contribution in [-0.2, 0) is 0 Å². The highest BCUT2D eigenvalue weighted by Crippen LogP contribution is 2.45. The van der Waals surface area contributed by atoms with Crippen molar-refractivity contribution in [2.45, 2.75) is 32.1 Å². The summed E-state index contributed by atoms with van der Waals surface area (Å²) in [6.45, 7) is 8.48. The number of guanidine groups is 1. The normalized spacial score (nSPS) is 23.4. The molecular formula is C20H33N7. The Hall–Kier alpha value is -1.89. The average Bonchev–Trinajstić information content (AvgIpc) is 3.36. The zero-order chi connectivity index (χ0) is 18.5. The van der Waals surface area contributed by atoms with Gasteiger partial charge in [-0.3, -0.25) is 9.89 Å². The predicted octanol–water partition coefficient (Wildman–Crippen LogP) is 1.44. The highest BCUT2D eigenvalue weighted by atomic mass is 15.3. The fraction of sp³-hybridized carbons (Fsp3) is 0.750. The highest BCUT2D eigenvalue weighted by Gasteiger charge is 2.41. The minimum atomic E-state index is 0.591. The lowest BCUT2D eigenvalue weighted by atomic mass is 9.86. The van der Waals surface area contributed by atoms with Gasteiger partial charge in [-0.05, 0) is 30.7 Å². The maximum Gasteiger partial charge on any atom is 0.225 e. The van der Waals surface area contributed by atoms with Crippen LogP contribution in [0, 0.1) is 5.41 Å². The predicted molar refractivity (Wildman–Crippen MR) is 109 cm³/mol. The fourth-order valence-electron chi connectivity index (χ4n) is 4.93. The second-order valence-corrected chi connectivity index (χ2v) is 8.23. The molecule has 148 valence electrons. The molecule has 1 aromatic heterocycles. The Labute approximate surface area is 162 Å². The van der Waals surface area contributed by atoms with Gasteiger partial charge in [0.25, 0.3) is 0 Å². The molecule has 3 aliphatic rings. The molecule has 0 amide bonds. The van der Waals surface area contributed by atoms with Crippen LogP contribution in [0.1, 0.15) is 32.1 Å². The van der Waals surface area contributed by atoms with E-state index < -0.39 is 0 Å². The molecule has 3 heterocycles. The number of anilines is 1. The van der Waals surface area contributed by atoms with E-state index in [0.29, 0.717) is 5.41 Å². The van der Waals surface area contributed by atoms with E-state index in [4.69, 9.17) is 0 Å². The molecule has 0 aromatic carbocycles. The summed E-state index contributed by atoms with van der Waals surface area (Å²) in [5.74, 6) is 1.95. The molecule has 7 nitrogen and oxygen atoms in total. The lowest BCUT2D eigenvalue weighted by Gasteiger charge is -2.35. The molecule has 7 heteroatoms. The van der Waals surface area contributed by atoms with Gasteiger partial charge in [0.15, 0.2) is 5.96 Å². The van der Waals surface area contributed by atoms with E-state index in [1.54, 1.807) is 0 Å². The Morgan fingerprint density at radius 3 is 2.52 bits per heavy atom. The van der Waals surface area contributed by atoms with Crippen molar-refractivity contribution < 1.29 is 0 Å². The van der Waals surface area contributed by atoms with Gasteiger partial charge in [0.05, 0.1) is 0 Å². The number of likely N-dealkylation sites (tertiary alicyclic amines) is 1. The smallest absolute Gasteiger partial charge is 0.225 e. The van der Waals surface area contributed by atoms with Crippen molar-refractivity contribution in [1.82, 2.24) is 25.1 Å². The number of aliphatic imine (C=N–C) groups is 1. The maximum atomic E-state index is 4.55. The van der Waals surface area contributed by atoms with E-state index in [1.165, 1.54) is 38.6 Å². The van der Waals surface area contributed by atoms with E-state index in [1.807, 2.05) is 25.5 Å². The number of aromatic nitrogens is 2. The van der Waals surface area contributed by atoms with Gasteiger partial charge in [-0.15, -0.1) is 0 Å². The molecular weight excluding hydrogens is 338 g/mol. The molecule has 1 aromatic rings. The van der Waals surface area contributed by atoms with Crippen molar-refractivity contribution in [3.05, 3.63) is 18.5 Å². The molecule has 2 aliphatic heterocycles. The molecule has 2 saturated heterocycles. The lowest BCUT2D eigenvalue weighted by molar-refractivity contribution is 0.258. The van der Waals surface area contributed by atoms with Gasteiger partial charge in [-0.1, -0.05) is 12.8 Å². The Balaban J connectivity index is 1.19. The van der Waals surface area contributed by atoms with Crippen LogP contribution in [-0.4, -0.2) is 85.1 Å². The van der Waals surface area contributed by atoms with Crippen molar-refractivity contribution >= 4 is 11.9 Å². The van der Waals surface area contributed by atoms with Crippen molar-refractivity contribution in [1.29, 1.82) is 0 Å². The first-order chi connectivity index (χ1) is 13.3.